The molecule has 184 valence electrons. The molecule has 3 aromatic rings. The molecule has 1 aromatic heterocycles. The first-order valence-corrected chi connectivity index (χ1v) is 12.0. The minimum atomic E-state index is -0.273. The van der Waals surface area contributed by atoms with Crippen molar-refractivity contribution in [1.82, 2.24) is 20.4 Å². The highest BCUT2D eigenvalue weighted by atomic mass is 32.1. The first kappa shape index (κ1) is 24.7. The third-order valence-corrected chi connectivity index (χ3v) is 6.17. The van der Waals surface area contributed by atoms with Crippen molar-refractivity contribution in [1.29, 1.82) is 0 Å². The van der Waals surface area contributed by atoms with Crippen LogP contribution in [0.5, 0.6) is 11.5 Å². The van der Waals surface area contributed by atoms with Gasteiger partial charge >= 0.3 is 0 Å². The summed E-state index contributed by atoms with van der Waals surface area (Å²) in [6.45, 7) is 5.95. The van der Waals surface area contributed by atoms with Crippen LogP contribution in [0.3, 0.4) is 0 Å². The zero-order chi connectivity index (χ0) is 24.8. The lowest BCUT2D eigenvalue weighted by Crippen LogP contribution is -2.46. The van der Waals surface area contributed by atoms with E-state index in [9.17, 15) is 0 Å². The molecule has 4 rings (SSSR count). The lowest BCUT2D eigenvalue weighted by atomic mass is 9.94. The molecule has 0 saturated carbocycles. The standard InChI is InChI=1S/C26H30N4O4S/c1-5-33-20-12-10-18(11-13-20)24-28-25(34-29-24)22-17(2)30(14-7-15-31-3)26(35)27-23(22)19-8-6-9-21(16-19)32-4/h6,8-13,16,23H,5,7,14-15H2,1-4H3,(H,27,35). The first-order valence-electron chi connectivity index (χ1n) is 11.5. The molecule has 1 N–H and O–H groups in total. The summed E-state index contributed by atoms with van der Waals surface area (Å²) in [5.41, 5.74) is 3.66. The monoisotopic (exact) mass is 494 g/mol. The molecular formula is C26H30N4O4S. The summed E-state index contributed by atoms with van der Waals surface area (Å²) in [6, 6.07) is 15.2. The largest absolute Gasteiger partial charge is 0.497 e. The third kappa shape index (κ3) is 5.47. The van der Waals surface area contributed by atoms with E-state index in [4.69, 9.17) is 35.9 Å². The fourth-order valence-corrected chi connectivity index (χ4v) is 4.43. The van der Waals surface area contributed by atoms with Crippen molar-refractivity contribution >= 4 is 22.9 Å². The molecule has 35 heavy (non-hydrogen) atoms. The van der Waals surface area contributed by atoms with Gasteiger partial charge < -0.3 is 29.0 Å². The van der Waals surface area contributed by atoms with E-state index in [0.717, 1.165) is 40.3 Å². The van der Waals surface area contributed by atoms with Gasteiger partial charge in [-0.05, 0) is 74.4 Å². The summed E-state index contributed by atoms with van der Waals surface area (Å²) < 4.78 is 22.0. The number of hydrogen-bond acceptors (Lipinski definition) is 7. The van der Waals surface area contributed by atoms with Gasteiger partial charge in [0.1, 0.15) is 11.5 Å². The summed E-state index contributed by atoms with van der Waals surface area (Å²) in [5.74, 6) is 2.50. The van der Waals surface area contributed by atoms with Crippen LogP contribution in [-0.4, -0.2) is 54.1 Å². The Kier molecular flexibility index (Phi) is 7.99. The zero-order valence-corrected chi connectivity index (χ0v) is 21.2. The molecule has 1 aliphatic heterocycles. The molecule has 8 nitrogen and oxygen atoms in total. The summed E-state index contributed by atoms with van der Waals surface area (Å²) in [5, 5.41) is 8.38. The van der Waals surface area contributed by atoms with Crippen molar-refractivity contribution < 1.29 is 18.7 Å². The van der Waals surface area contributed by atoms with Gasteiger partial charge in [0.25, 0.3) is 5.89 Å². The Labute approximate surface area is 210 Å². The molecule has 0 spiro atoms. The molecule has 1 unspecified atom stereocenters. The fourth-order valence-electron chi connectivity index (χ4n) is 4.08. The highest BCUT2D eigenvalue weighted by Crippen LogP contribution is 2.38. The van der Waals surface area contributed by atoms with Gasteiger partial charge in [-0.25, -0.2) is 0 Å². The zero-order valence-electron chi connectivity index (χ0n) is 20.4. The van der Waals surface area contributed by atoms with Crippen LogP contribution in [0, 0.1) is 0 Å². The number of thiocarbonyl (C=S) groups is 1. The van der Waals surface area contributed by atoms with Crippen molar-refractivity contribution in [3.8, 4) is 22.9 Å². The number of nitrogens with one attached hydrogen (secondary N) is 1. The number of nitrogens with zero attached hydrogens (tertiary/aromatic N) is 3. The molecule has 2 heterocycles. The van der Waals surface area contributed by atoms with E-state index in [1.807, 2.05) is 62.4 Å². The molecule has 2 aromatic carbocycles. The second-order valence-electron chi connectivity index (χ2n) is 8.04. The summed E-state index contributed by atoms with van der Waals surface area (Å²) in [4.78, 5) is 6.82. The maximum atomic E-state index is 5.81. The topological polar surface area (TPSA) is 81.9 Å². The molecule has 0 bridgehead atoms. The van der Waals surface area contributed by atoms with Gasteiger partial charge in [-0.1, -0.05) is 17.3 Å². The molecule has 0 amide bonds. The maximum absolute atomic E-state index is 5.81. The van der Waals surface area contributed by atoms with Gasteiger partial charge in [0.15, 0.2) is 5.11 Å². The van der Waals surface area contributed by atoms with E-state index < -0.39 is 0 Å². The molecular weight excluding hydrogens is 464 g/mol. The van der Waals surface area contributed by atoms with Crippen LogP contribution < -0.4 is 14.8 Å². The van der Waals surface area contributed by atoms with Gasteiger partial charge in [0, 0.05) is 31.5 Å². The molecule has 0 aliphatic carbocycles. The summed E-state index contributed by atoms with van der Waals surface area (Å²) >= 11 is 5.74. The second-order valence-corrected chi connectivity index (χ2v) is 8.42. The molecule has 0 fully saturated rings. The SMILES string of the molecule is CCOc1ccc(-c2noc(C3=C(C)N(CCCOC)C(=S)NC3c3cccc(OC)c3)n2)cc1. The lowest BCUT2D eigenvalue weighted by Gasteiger charge is -2.37. The van der Waals surface area contributed by atoms with Crippen LogP contribution in [0.2, 0.25) is 0 Å². The predicted molar refractivity (Wildman–Crippen MR) is 138 cm³/mol. The van der Waals surface area contributed by atoms with Crippen LogP contribution >= 0.6 is 12.2 Å². The van der Waals surface area contributed by atoms with Crippen LogP contribution in [0.15, 0.2) is 58.8 Å². The second kappa shape index (κ2) is 11.3. The van der Waals surface area contributed by atoms with Crippen LogP contribution in [-0.2, 0) is 4.74 Å². The Morgan fingerprint density at radius 1 is 1.11 bits per heavy atom. The number of ether oxygens (including phenoxy) is 3. The minimum absolute atomic E-state index is 0.273. The van der Waals surface area contributed by atoms with Gasteiger partial charge in [-0.3, -0.25) is 0 Å². The van der Waals surface area contributed by atoms with E-state index in [0.29, 0.717) is 36.6 Å². The van der Waals surface area contributed by atoms with E-state index in [-0.39, 0.29) is 6.04 Å². The Hall–Kier alpha value is -3.43. The Bertz CT molecular complexity index is 1190. The van der Waals surface area contributed by atoms with E-state index in [2.05, 4.69) is 15.4 Å². The quantitative estimate of drug-likeness (QED) is 0.314. The number of benzene rings is 2. The number of hydrogen-bond donors (Lipinski definition) is 1. The van der Waals surface area contributed by atoms with Crippen molar-refractivity contribution in [3.63, 3.8) is 0 Å². The fraction of sp³-hybridized carbons (Fsp3) is 0.346. The van der Waals surface area contributed by atoms with Gasteiger partial charge in [0.2, 0.25) is 5.82 Å². The van der Waals surface area contributed by atoms with Crippen molar-refractivity contribution in [2.24, 2.45) is 0 Å². The molecule has 1 aliphatic rings. The molecule has 9 heteroatoms. The van der Waals surface area contributed by atoms with E-state index in [1.54, 1.807) is 14.2 Å². The molecule has 1 atom stereocenters. The number of methoxy groups -OCH3 is 2. The number of allylic oxidation sites excluding steroid dienone is 1. The smallest absolute Gasteiger partial charge is 0.258 e. The Morgan fingerprint density at radius 3 is 2.63 bits per heavy atom. The van der Waals surface area contributed by atoms with Crippen molar-refractivity contribution in [2.75, 3.05) is 34.0 Å². The molecule has 0 radical (unpaired) electrons. The van der Waals surface area contributed by atoms with Gasteiger partial charge in [0.05, 0.1) is 25.3 Å². The average Bonchev–Trinajstić information content (AvgIpc) is 3.36. The summed E-state index contributed by atoms with van der Waals surface area (Å²) in [7, 11) is 3.35. The van der Waals surface area contributed by atoms with Gasteiger partial charge in [-0.2, -0.15) is 4.98 Å². The highest BCUT2D eigenvalue weighted by molar-refractivity contribution is 7.80. The number of rotatable bonds is 10. The third-order valence-electron chi connectivity index (χ3n) is 5.83. The van der Waals surface area contributed by atoms with Crippen molar-refractivity contribution in [3.05, 3.63) is 65.7 Å². The lowest BCUT2D eigenvalue weighted by molar-refractivity contribution is 0.188. The Balaban J connectivity index is 1.73. The van der Waals surface area contributed by atoms with Crippen LogP contribution in [0.1, 0.15) is 37.8 Å². The van der Waals surface area contributed by atoms with Crippen LogP contribution in [0.25, 0.3) is 17.0 Å². The van der Waals surface area contributed by atoms with E-state index in [1.165, 1.54) is 0 Å². The van der Waals surface area contributed by atoms with Crippen LogP contribution in [0.4, 0.5) is 0 Å². The molecule has 0 saturated heterocycles. The number of aromatic nitrogens is 2. The van der Waals surface area contributed by atoms with E-state index >= 15 is 0 Å². The normalized spacial score (nSPS) is 15.8. The minimum Gasteiger partial charge on any atom is -0.497 e. The maximum Gasteiger partial charge on any atom is 0.258 e. The van der Waals surface area contributed by atoms with Crippen molar-refractivity contribution in [2.45, 2.75) is 26.3 Å². The highest BCUT2D eigenvalue weighted by Gasteiger charge is 2.34. The first-order chi connectivity index (χ1) is 17.0. The van der Waals surface area contributed by atoms with Gasteiger partial charge in [-0.15, -0.1) is 0 Å². The average molecular weight is 495 g/mol. The Morgan fingerprint density at radius 2 is 1.91 bits per heavy atom. The summed E-state index contributed by atoms with van der Waals surface area (Å²) in [6.07, 6.45) is 0.827. The predicted octanol–water partition coefficient (Wildman–Crippen LogP) is 4.84.